The molecule has 33 heavy (non-hydrogen) atoms. The Morgan fingerprint density at radius 1 is 1.18 bits per heavy atom. The minimum absolute atomic E-state index is 0.0998. The maximum atomic E-state index is 13.7. The number of carbonyl (C=O) groups is 2. The van der Waals surface area contributed by atoms with Crippen molar-refractivity contribution in [3.8, 4) is 11.1 Å². The van der Waals surface area contributed by atoms with E-state index < -0.39 is 6.09 Å². The largest absolute Gasteiger partial charge is 0.450 e. The lowest BCUT2D eigenvalue weighted by molar-refractivity contribution is -0.0227. The highest BCUT2D eigenvalue weighted by Crippen LogP contribution is 2.31. The Labute approximate surface area is 195 Å². The fraction of sp³-hybridized carbons (Fsp3) is 0.462. The summed E-state index contributed by atoms with van der Waals surface area (Å²) in [4.78, 5) is 29.2. The van der Waals surface area contributed by atoms with E-state index in [-0.39, 0.29) is 30.6 Å². The number of fused-ring (bicyclic) bond motifs is 3. The SMILES string of the molecule is CCOC(=O)N(C)C[C@H]1OCc2ccccc2-c2ccccc2C(=O)N([C@@H](C)CO)C[C@H]1C. The van der Waals surface area contributed by atoms with Crippen LogP contribution in [0.15, 0.2) is 48.5 Å². The molecule has 3 rings (SSSR count). The predicted octanol–water partition coefficient (Wildman–Crippen LogP) is 3.80. The fourth-order valence-corrected chi connectivity index (χ4v) is 4.13. The summed E-state index contributed by atoms with van der Waals surface area (Å²) in [5.74, 6) is -0.231. The Morgan fingerprint density at radius 3 is 2.48 bits per heavy atom. The van der Waals surface area contributed by atoms with Crippen LogP contribution in [-0.2, 0) is 16.1 Å². The first-order valence-corrected chi connectivity index (χ1v) is 11.5. The third-order valence-electron chi connectivity index (χ3n) is 6.13. The van der Waals surface area contributed by atoms with E-state index in [1.807, 2.05) is 62.4 Å². The molecule has 1 heterocycles. The van der Waals surface area contributed by atoms with Crippen molar-refractivity contribution in [2.75, 3.05) is 33.4 Å². The van der Waals surface area contributed by atoms with Crippen molar-refractivity contribution < 1.29 is 24.2 Å². The zero-order chi connectivity index (χ0) is 24.0. The van der Waals surface area contributed by atoms with Gasteiger partial charge >= 0.3 is 6.09 Å². The van der Waals surface area contributed by atoms with E-state index in [0.29, 0.717) is 31.9 Å². The van der Waals surface area contributed by atoms with Crippen LogP contribution in [0.25, 0.3) is 11.1 Å². The Balaban J connectivity index is 2.04. The van der Waals surface area contributed by atoms with E-state index in [2.05, 4.69) is 0 Å². The average molecular weight is 455 g/mol. The monoisotopic (exact) mass is 454 g/mol. The first-order chi connectivity index (χ1) is 15.9. The van der Waals surface area contributed by atoms with E-state index in [4.69, 9.17) is 9.47 Å². The molecule has 0 saturated carbocycles. The van der Waals surface area contributed by atoms with Gasteiger partial charge in [-0.1, -0.05) is 49.4 Å². The van der Waals surface area contributed by atoms with Gasteiger partial charge in [0.25, 0.3) is 5.91 Å². The zero-order valence-electron chi connectivity index (χ0n) is 19.9. The lowest BCUT2D eigenvalue weighted by Crippen LogP contribution is -2.47. The first kappa shape index (κ1) is 24.7. The number of rotatable bonds is 5. The number of hydrogen-bond donors (Lipinski definition) is 1. The summed E-state index contributed by atoms with van der Waals surface area (Å²) in [7, 11) is 1.68. The molecule has 3 atom stereocenters. The van der Waals surface area contributed by atoms with Gasteiger partial charge in [-0.3, -0.25) is 4.79 Å². The van der Waals surface area contributed by atoms with Crippen LogP contribution >= 0.6 is 0 Å². The van der Waals surface area contributed by atoms with Gasteiger partial charge < -0.3 is 24.4 Å². The molecule has 0 fully saturated rings. The highest BCUT2D eigenvalue weighted by Gasteiger charge is 2.31. The van der Waals surface area contributed by atoms with Crippen LogP contribution in [0.5, 0.6) is 0 Å². The molecule has 0 unspecified atom stereocenters. The van der Waals surface area contributed by atoms with Crippen molar-refractivity contribution in [1.29, 1.82) is 0 Å². The maximum absolute atomic E-state index is 13.7. The van der Waals surface area contributed by atoms with Crippen molar-refractivity contribution in [3.05, 3.63) is 59.7 Å². The second kappa shape index (κ2) is 11.3. The summed E-state index contributed by atoms with van der Waals surface area (Å²) >= 11 is 0. The molecule has 178 valence electrons. The lowest BCUT2D eigenvalue weighted by atomic mass is 9.94. The smallest absolute Gasteiger partial charge is 0.409 e. The topological polar surface area (TPSA) is 79.3 Å². The van der Waals surface area contributed by atoms with E-state index in [9.17, 15) is 14.7 Å². The van der Waals surface area contributed by atoms with Crippen LogP contribution in [0.4, 0.5) is 4.79 Å². The summed E-state index contributed by atoms with van der Waals surface area (Å²) in [6.07, 6.45) is -0.748. The minimum Gasteiger partial charge on any atom is -0.450 e. The molecule has 1 aliphatic heterocycles. The number of amides is 2. The molecular weight excluding hydrogens is 420 g/mol. The number of aliphatic hydroxyl groups excluding tert-OH is 1. The van der Waals surface area contributed by atoms with Gasteiger partial charge in [0.2, 0.25) is 0 Å². The number of carbonyl (C=O) groups excluding carboxylic acids is 2. The third kappa shape index (κ3) is 5.72. The molecule has 2 aromatic carbocycles. The van der Waals surface area contributed by atoms with E-state index >= 15 is 0 Å². The second-order valence-corrected chi connectivity index (χ2v) is 8.60. The quantitative estimate of drug-likeness (QED) is 0.744. The van der Waals surface area contributed by atoms with Gasteiger partial charge in [-0.25, -0.2) is 4.79 Å². The summed E-state index contributed by atoms with van der Waals surface area (Å²) in [6.45, 7) is 6.81. The standard InChI is InChI=1S/C26H34N2O5/c1-5-32-26(31)27(4)15-24-18(2)14-28(19(3)16-29)25(30)23-13-9-8-12-22(23)21-11-7-6-10-20(21)17-33-24/h6-13,18-19,24,29H,5,14-17H2,1-4H3/t18-,19+,24-/m1/s1. The average Bonchev–Trinajstić information content (AvgIpc) is 2.85. The van der Waals surface area contributed by atoms with Gasteiger partial charge in [-0.05, 0) is 36.6 Å². The van der Waals surface area contributed by atoms with Gasteiger partial charge in [0.05, 0.1) is 38.5 Å². The number of benzene rings is 2. The van der Waals surface area contributed by atoms with Crippen LogP contribution in [0.1, 0.15) is 36.7 Å². The number of nitrogens with zero attached hydrogens (tertiary/aromatic N) is 2. The normalized spacial score (nSPS) is 19.7. The van der Waals surface area contributed by atoms with Crippen LogP contribution < -0.4 is 0 Å². The third-order valence-corrected chi connectivity index (χ3v) is 6.13. The summed E-state index contributed by atoms with van der Waals surface area (Å²) in [5.41, 5.74) is 3.34. The van der Waals surface area contributed by atoms with Crippen LogP contribution in [0.3, 0.4) is 0 Å². The predicted molar refractivity (Wildman–Crippen MR) is 127 cm³/mol. The fourth-order valence-electron chi connectivity index (χ4n) is 4.13. The van der Waals surface area contributed by atoms with Gasteiger partial charge in [0, 0.05) is 25.1 Å². The van der Waals surface area contributed by atoms with Crippen LogP contribution in [0.2, 0.25) is 0 Å². The zero-order valence-corrected chi connectivity index (χ0v) is 19.9. The molecule has 2 amide bonds. The van der Waals surface area contributed by atoms with Crippen molar-refractivity contribution in [3.63, 3.8) is 0 Å². The molecule has 0 radical (unpaired) electrons. The van der Waals surface area contributed by atoms with Gasteiger partial charge in [-0.15, -0.1) is 0 Å². The van der Waals surface area contributed by atoms with Crippen LogP contribution in [-0.4, -0.2) is 72.4 Å². The summed E-state index contributed by atoms with van der Waals surface area (Å²) in [5, 5.41) is 9.89. The lowest BCUT2D eigenvalue weighted by Gasteiger charge is -2.35. The molecule has 7 nitrogen and oxygen atoms in total. The molecule has 0 saturated heterocycles. The van der Waals surface area contributed by atoms with E-state index in [1.54, 1.807) is 18.9 Å². The molecule has 0 aliphatic carbocycles. The molecule has 0 spiro atoms. The van der Waals surface area contributed by atoms with Crippen molar-refractivity contribution >= 4 is 12.0 Å². The van der Waals surface area contributed by atoms with E-state index in [1.165, 1.54) is 4.90 Å². The molecule has 1 N–H and O–H groups in total. The highest BCUT2D eigenvalue weighted by atomic mass is 16.6. The van der Waals surface area contributed by atoms with Crippen LogP contribution in [0, 0.1) is 5.92 Å². The molecule has 0 bridgehead atoms. The minimum atomic E-state index is -0.410. The van der Waals surface area contributed by atoms with Crippen molar-refractivity contribution in [1.82, 2.24) is 9.80 Å². The Morgan fingerprint density at radius 2 is 1.82 bits per heavy atom. The molecule has 7 heteroatoms. The molecule has 0 aromatic heterocycles. The number of aliphatic hydroxyl groups is 1. The Bertz CT molecular complexity index is 963. The second-order valence-electron chi connectivity index (χ2n) is 8.60. The molecular formula is C26H34N2O5. The number of likely N-dealkylation sites (N-methyl/N-ethyl adjacent to an activating group) is 1. The number of ether oxygens (including phenoxy) is 2. The maximum Gasteiger partial charge on any atom is 0.409 e. The molecule has 1 aliphatic rings. The van der Waals surface area contributed by atoms with Crippen molar-refractivity contribution in [2.24, 2.45) is 5.92 Å². The summed E-state index contributed by atoms with van der Waals surface area (Å²) in [6, 6.07) is 15.1. The van der Waals surface area contributed by atoms with Gasteiger partial charge in [0.15, 0.2) is 0 Å². The van der Waals surface area contributed by atoms with Gasteiger partial charge in [-0.2, -0.15) is 0 Å². The summed E-state index contributed by atoms with van der Waals surface area (Å²) < 4.78 is 11.5. The Hall–Kier alpha value is -2.90. The molecule has 2 aromatic rings. The van der Waals surface area contributed by atoms with E-state index in [0.717, 1.165) is 16.7 Å². The Kier molecular flexibility index (Phi) is 8.47. The highest BCUT2D eigenvalue weighted by molar-refractivity contribution is 6.01. The first-order valence-electron chi connectivity index (χ1n) is 11.5. The van der Waals surface area contributed by atoms with Crippen molar-refractivity contribution in [2.45, 2.75) is 39.5 Å². The van der Waals surface area contributed by atoms with Gasteiger partial charge in [0.1, 0.15) is 0 Å². The number of hydrogen-bond acceptors (Lipinski definition) is 5.